The minimum atomic E-state index is -0.311. The van der Waals surface area contributed by atoms with E-state index in [0.29, 0.717) is 24.7 Å². The van der Waals surface area contributed by atoms with E-state index >= 15 is 0 Å². The second kappa shape index (κ2) is 6.63. The Labute approximate surface area is 119 Å². The zero-order valence-corrected chi connectivity index (χ0v) is 12.0. The summed E-state index contributed by atoms with van der Waals surface area (Å²) in [7, 11) is 0. The van der Waals surface area contributed by atoms with Crippen LogP contribution in [0.1, 0.15) is 37.5 Å². The van der Waals surface area contributed by atoms with Crippen molar-refractivity contribution in [3.63, 3.8) is 0 Å². The summed E-state index contributed by atoms with van der Waals surface area (Å²) >= 11 is 0. The van der Waals surface area contributed by atoms with Crippen molar-refractivity contribution < 1.29 is 9.63 Å². The van der Waals surface area contributed by atoms with E-state index in [1.807, 2.05) is 44.2 Å². The fourth-order valence-corrected chi connectivity index (χ4v) is 1.79. The van der Waals surface area contributed by atoms with Crippen LogP contribution in [0, 0.1) is 0 Å². The minimum absolute atomic E-state index is 0.0779. The molecule has 0 saturated heterocycles. The molecule has 1 atom stereocenters. The van der Waals surface area contributed by atoms with Gasteiger partial charge in [0.15, 0.2) is 5.82 Å². The minimum Gasteiger partial charge on any atom is -0.394 e. The molecule has 2 aromatic rings. The van der Waals surface area contributed by atoms with Crippen LogP contribution in [-0.2, 0) is 13.0 Å². The van der Waals surface area contributed by atoms with Gasteiger partial charge in [-0.05, 0) is 18.9 Å². The summed E-state index contributed by atoms with van der Waals surface area (Å²) in [5, 5.41) is 16.6. The zero-order chi connectivity index (χ0) is 14.4. The van der Waals surface area contributed by atoms with Crippen LogP contribution in [0.15, 0.2) is 34.9 Å². The molecular formula is C15H21N3O2. The molecule has 20 heavy (non-hydrogen) atoms. The van der Waals surface area contributed by atoms with E-state index in [1.165, 1.54) is 0 Å². The van der Waals surface area contributed by atoms with Crippen LogP contribution in [0.3, 0.4) is 0 Å². The number of hydrogen-bond acceptors (Lipinski definition) is 5. The highest BCUT2D eigenvalue weighted by Gasteiger charge is 2.21. The van der Waals surface area contributed by atoms with Crippen molar-refractivity contribution in [1.29, 1.82) is 0 Å². The van der Waals surface area contributed by atoms with Gasteiger partial charge in [0, 0.05) is 12.0 Å². The van der Waals surface area contributed by atoms with E-state index in [1.54, 1.807) is 0 Å². The Morgan fingerprint density at radius 2 is 2.05 bits per heavy atom. The van der Waals surface area contributed by atoms with E-state index in [0.717, 1.165) is 12.0 Å². The monoisotopic (exact) mass is 275 g/mol. The van der Waals surface area contributed by atoms with Crippen LogP contribution < -0.4 is 5.32 Å². The van der Waals surface area contributed by atoms with Crippen molar-refractivity contribution in [2.45, 2.75) is 38.8 Å². The molecule has 0 radical (unpaired) electrons. The van der Waals surface area contributed by atoms with Crippen molar-refractivity contribution in [3.05, 3.63) is 47.6 Å². The van der Waals surface area contributed by atoms with Gasteiger partial charge >= 0.3 is 0 Å². The number of benzene rings is 1. The SMILES string of the molecule is CCC(C)(CO)NCc1nc(Cc2ccccc2)no1. The lowest BCUT2D eigenvalue weighted by atomic mass is 10.0. The van der Waals surface area contributed by atoms with Crippen LogP contribution in [0.2, 0.25) is 0 Å². The molecule has 1 aromatic carbocycles. The quantitative estimate of drug-likeness (QED) is 0.807. The fourth-order valence-electron chi connectivity index (χ4n) is 1.79. The van der Waals surface area contributed by atoms with E-state index in [9.17, 15) is 5.11 Å². The third kappa shape index (κ3) is 3.88. The third-order valence-corrected chi connectivity index (χ3v) is 3.51. The standard InChI is InChI=1S/C15H21N3O2/c1-3-15(2,11-19)16-10-14-17-13(18-20-14)9-12-7-5-4-6-8-12/h4-8,16,19H,3,9-11H2,1-2H3. The molecule has 1 heterocycles. The summed E-state index contributed by atoms with van der Waals surface area (Å²) in [6, 6.07) is 10.0. The Morgan fingerprint density at radius 1 is 1.30 bits per heavy atom. The molecule has 1 unspecified atom stereocenters. The summed E-state index contributed by atoms with van der Waals surface area (Å²) in [6.07, 6.45) is 1.49. The van der Waals surface area contributed by atoms with Gasteiger partial charge in [-0.15, -0.1) is 0 Å². The van der Waals surface area contributed by atoms with E-state index in [4.69, 9.17) is 4.52 Å². The molecule has 0 saturated carbocycles. The van der Waals surface area contributed by atoms with E-state index in [-0.39, 0.29) is 12.1 Å². The van der Waals surface area contributed by atoms with Gasteiger partial charge in [-0.3, -0.25) is 0 Å². The summed E-state index contributed by atoms with van der Waals surface area (Å²) < 4.78 is 5.22. The molecule has 0 aliphatic heterocycles. The van der Waals surface area contributed by atoms with Crippen LogP contribution in [-0.4, -0.2) is 27.4 Å². The number of aliphatic hydroxyl groups is 1. The highest BCUT2D eigenvalue weighted by atomic mass is 16.5. The lowest BCUT2D eigenvalue weighted by Crippen LogP contribution is -2.44. The average Bonchev–Trinajstić information content (AvgIpc) is 2.93. The van der Waals surface area contributed by atoms with Gasteiger partial charge in [-0.1, -0.05) is 42.4 Å². The van der Waals surface area contributed by atoms with Crippen LogP contribution in [0.25, 0.3) is 0 Å². The number of aliphatic hydroxyl groups excluding tert-OH is 1. The number of rotatable bonds is 7. The molecule has 0 amide bonds. The number of hydrogen-bond donors (Lipinski definition) is 2. The predicted octanol–water partition coefficient (Wildman–Crippen LogP) is 1.91. The molecule has 0 aliphatic carbocycles. The first-order valence-electron chi connectivity index (χ1n) is 6.86. The lowest BCUT2D eigenvalue weighted by Gasteiger charge is -2.26. The number of nitrogens with one attached hydrogen (secondary N) is 1. The maximum atomic E-state index is 9.33. The van der Waals surface area contributed by atoms with Gasteiger partial charge in [0.1, 0.15) is 0 Å². The Kier molecular flexibility index (Phi) is 4.87. The van der Waals surface area contributed by atoms with Crippen LogP contribution in [0.4, 0.5) is 0 Å². The van der Waals surface area contributed by atoms with Crippen molar-refractivity contribution in [2.75, 3.05) is 6.61 Å². The molecule has 1 aromatic heterocycles. The molecule has 0 spiro atoms. The highest BCUT2D eigenvalue weighted by molar-refractivity contribution is 5.18. The first-order chi connectivity index (χ1) is 9.65. The average molecular weight is 275 g/mol. The van der Waals surface area contributed by atoms with Gasteiger partial charge in [0.2, 0.25) is 5.89 Å². The van der Waals surface area contributed by atoms with Crippen LogP contribution >= 0.6 is 0 Å². The molecule has 0 bridgehead atoms. The van der Waals surface area contributed by atoms with Gasteiger partial charge in [-0.25, -0.2) is 0 Å². The maximum Gasteiger partial charge on any atom is 0.240 e. The Morgan fingerprint density at radius 3 is 2.70 bits per heavy atom. The summed E-state index contributed by atoms with van der Waals surface area (Å²) in [6.45, 7) is 4.54. The normalized spacial score (nSPS) is 14.2. The van der Waals surface area contributed by atoms with Gasteiger partial charge in [0.05, 0.1) is 13.2 Å². The Balaban J connectivity index is 1.93. The Bertz CT molecular complexity index is 521. The van der Waals surface area contributed by atoms with E-state index in [2.05, 4.69) is 15.5 Å². The second-order valence-corrected chi connectivity index (χ2v) is 5.19. The van der Waals surface area contributed by atoms with Gasteiger partial charge in [0.25, 0.3) is 0 Å². The molecule has 0 aliphatic rings. The third-order valence-electron chi connectivity index (χ3n) is 3.51. The molecule has 5 heteroatoms. The molecule has 0 fully saturated rings. The zero-order valence-electron chi connectivity index (χ0n) is 12.0. The molecule has 2 rings (SSSR count). The van der Waals surface area contributed by atoms with Gasteiger partial charge in [-0.2, -0.15) is 4.98 Å². The van der Waals surface area contributed by atoms with Crippen molar-refractivity contribution in [3.8, 4) is 0 Å². The highest BCUT2D eigenvalue weighted by Crippen LogP contribution is 2.10. The maximum absolute atomic E-state index is 9.33. The first kappa shape index (κ1) is 14.7. The van der Waals surface area contributed by atoms with Crippen molar-refractivity contribution >= 4 is 0 Å². The predicted molar refractivity (Wildman–Crippen MR) is 76.2 cm³/mol. The molecular weight excluding hydrogens is 254 g/mol. The Hall–Kier alpha value is -1.72. The molecule has 2 N–H and O–H groups in total. The second-order valence-electron chi connectivity index (χ2n) is 5.19. The molecule has 5 nitrogen and oxygen atoms in total. The van der Waals surface area contributed by atoms with Crippen molar-refractivity contribution in [2.24, 2.45) is 0 Å². The largest absolute Gasteiger partial charge is 0.394 e. The van der Waals surface area contributed by atoms with E-state index < -0.39 is 0 Å². The fraction of sp³-hybridized carbons (Fsp3) is 0.467. The van der Waals surface area contributed by atoms with Gasteiger partial charge < -0.3 is 14.9 Å². The number of nitrogens with zero attached hydrogens (tertiary/aromatic N) is 2. The summed E-state index contributed by atoms with van der Waals surface area (Å²) in [5.41, 5.74) is 0.843. The topological polar surface area (TPSA) is 71.2 Å². The summed E-state index contributed by atoms with van der Waals surface area (Å²) in [5.74, 6) is 1.22. The smallest absolute Gasteiger partial charge is 0.240 e. The molecule has 108 valence electrons. The number of aromatic nitrogens is 2. The van der Waals surface area contributed by atoms with Crippen LogP contribution in [0.5, 0.6) is 0 Å². The lowest BCUT2D eigenvalue weighted by molar-refractivity contribution is 0.164. The summed E-state index contributed by atoms with van der Waals surface area (Å²) in [4.78, 5) is 4.36. The van der Waals surface area contributed by atoms with Crippen molar-refractivity contribution in [1.82, 2.24) is 15.5 Å². The first-order valence-corrected chi connectivity index (χ1v) is 6.86.